The Kier molecular flexibility index (Phi) is 5.62. The van der Waals surface area contributed by atoms with Gasteiger partial charge >= 0.3 is 0 Å². The summed E-state index contributed by atoms with van der Waals surface area (Å²) in [5, 5.41) is 0. The lowest BCUT2D eigenvalue weighted by Crippen LogP contribution is -2.18. The third-order valence-corrected chi connectivity index (χ3v) is 2.44. The molecule has 0 fully saturated rings. The Balaban J connectivity index is 3.72. The third kappa shape index (κ3) is 8.29. The predicted octanol–water partition coefficient (Wildman–Crippen LogP) is 3.43. The maximum atomic E-state index is 5.75. The molecule has 1 heteroatoms. The molecule has 0 spiro atoms. The van der Waals surface area contributed by atoms with E-state index in [0.29, 0.717) is 5.41 Å². The van der Waals surface area contributed by atoms with Gasteiger partial charge < -0.3 is 5.73 Å². The molecule has 1 nitrogen and oxygen atoms in total. The highest BCUT2D eigenvalue weighted by molar-refractivity contribution is 4.68. The van der Waals surface area contributed by atoms with E-state index in [1.165, 1.54) is 19.3 Å². The highest BCUT2D eigenvalue weighted by Gasteiger charge is 2.15. The zero-order chi connectivity index (χ0) is 10.5. The molecule has 0 amide bonds. The third-order valence-electron chi connectivity index (χ3n) is 2.44. The molecular weight excluding hydrogens is 158 g/mol. The van der Waals surface area contributed by atoms with E-state index in [0.717, 1.165) is 18.4 Å². The van der Waals surface area contributed by atoms with E-state index >= 15 is 0 Å². The van der Waals surface area contributed by atoms with Crippen molar-refractivity contribution < 1.29 is 0 Å². The highest BCUT2D eigenvalue weighted by Crippen LogP contribution is 2.25. The summed E-state index contributed by atoms with van der Waals surface area (Å²) in [6, 6.07) is 0. The molecule has 2 N–H and O–H groups in total. The van der Waals surface area contributed by atoms with Crippen LogP contribution >= 0.6 is 0 Å². The van der Waals surface area contributed by atoms with E-state index in [2.05, 4.69) is 34.6 Å². The van der Waals surface area contributed by atoms with Crippen LogP contribution < -0.4 is 5.73 Å². The Morgan fingerprint density at radius 3 is 2.00 bits per heavy atom. The molecule has 0 aromatic heterocycles. The average molecular weight is 185 g/mol. The molecule has 0 saturated heterocycles. The zero-order valence-corrected chi connectivity index (χ0v) is 10.1. The second kappa shape index (κ2) is 5.64. The van der Waals surface area contributed by atoms with Crippen LogP contribution in [-0.2, 0) is 0 Å². The first-order valence-corrected chi connectivity index (χ1v) is 5.55. The SMILES string of the molecule is CC(C)CC(CN)CCC(C)(C)C. The Morgan fingerprint density at radius 1 is 1.15 bits per heavy atom. The molecular formula is C12H27N. The maximum Gasteiger partial charge on any atom is -0.00488 e. The molecule has 0 bridgehead atoms. The summed E-state index contributed by atoms with van der Waals surface area (Å²) >= 11 is 0. The summed E-state index contributed by atoms with van der Waals surface area (Å²) in [7, 11) is 0. The van der Waals surface area contributed by atoms with Crippen LogP contribution in [-0.4, -0.2) is 6.54 Å². The minimum Gasteiger partial charge on any atom is -0.330 e. The molecule has 0 aliphatic carbocycles. The van der Waals surface area contributed by atoms with E-state index in [-0.39, 0.29) is 0 Å². The van der Waals surface area contributed by atoms with E-state index < -0.39 is 0 Å². The lowest BCUT2D eigenvalue weighted by atomic mass is 9.84. The summed E-state index contributed by atoms with van der Waals surface area (Å²) in [5.41, 5.74) is 6.21. The van der Waals surface area contributed by atoms with Gasteiger partial charge in [0.15, 0.2) is 0 Å². The fourth-order valence-electron chi connectivity index (χ4n) is 1.64. The second-order valence-corrected chi connectivity index (χ2v) is 5.83. The van der Waals surface area contributed by atoms with Gasteiger partial charge in [0.2, 0.25) is 0 Å². The number of hydrogen-bond donors (Lipinski definition) is 1. The van der Waals surface area contributed by atoms with E-state index in [4.69, 9.17) is 5.73 Å². The van der Waals surface area contributed by atoms with Crippen LogP contribution in [0.2, 0.25) is 0 Å². The second-order valence-electron chi connectivity index (χ2n) is 5.83. The van der Waals surface area contributed by atoms with Gasteiger partial charge in [-0.1, -0.05) is 34.6 Å². The van der Waals surface area contributed by atoms with Gasteiger partial charge in [0.1, 0.15) is 0 Å². The van der Waals surface area contributed by atoms with Crippen LogP contribution in [0.25, 0.3) is 0 Å². The predicted molar refractivity (Wildman–Crippen MR) is 60.7 cm³/mol. The molecule has 0 aliphatic rings. The molecule has 0 heterocycles. The fraction of sp³-hybridized carbons (Fsp3) is 1.00. The summed E-state index contributed by atoms with van der Waals surface area (Å²) in [4.78, 5) is 0. The number of rotatable bonds is 5. The Morgan fingerprint density at radius 2 is 1.69 bits per heavy atom. The molecule has 80 valence electrons. The van der Waals surface area contributed by atoms with Crippen LogP contribution in [0.3, 0.4) is 0 Å². The van der Waals surface area contributed by atoms with Crippen LogP contribution in [0, 0.1) is 17.3 Å². The molecule has 0 radical (unpaired) electrons. The molecule has 1 atom stereocenters. The topological polar surface area (TPSA) is 26.0 Å². The maximum absolute atomic E-state index is 5.75. The largest absolute Gasteiger partial charge is 0.330 e. The Labute approximate surface area is 84.1 Å². The number of nitrogens with two attached hydrogens (primary N) is 1. The van der Waals surface area contributed by atoms with E-state index in [1.807, 2.05) is 0 Å². The minimum absolute atomic E-state index is 0.463. The molecule has 0 aromatic rings. The van der Waals surface area contributed by atoms with Gasteiger partial charge in [-0.15, -0.1) is 0 Å². The van der Waals surface area contributed by atoms with Crippen molar-refractivity contribution in [3.05, 3.63) is 0 Å². The van der Waals surface area contributed by atoms with Crippen molar-refractivity contribution in [3.63, 3.8) is 0 Å². The molecule has 0 aliphatic heterocycles. The van der Waals surface area contributed by atoms with E-state index in [9.17, 15) is 0 Å². The van der Waals surface area contributed by atoms with Crippen molar-refractivity contribution >= 4 is 0 Å². The van der Waals surface area contributed by atoms with Gasteiger partial charge in [0.25, 0.3) is 0 Å². The van der Waals surface area contributed by atoms with Crippen molar-refractivity contribution in [3.8, 4) is 0 Å². The van der Waals surface area contributed by atoms with Gasteiger partial charge in [-0.3, -0.25) is 0 Å². The first-order chi connectivity index (χ1) is 5.85. The fourth-order valence-corrected chi connectivity index (χ4v) is 1.64. The lowest BCUT2D eigenvalue weighted by molar-refractivity contribution is 0.299. The van der Waals surface area contributed by atoms with Crippen molar-refractivity contribution in [2.75, 3.05) is 6.54 Å². The molecule has 0 saturated carbocycles. The van der Waals surface area contributed by atoms with Crippen molar-refractivity contribution in [1.82, 2.24) is 0 Å². The van der Waals surface area contributed by atoms with Gasteiger partial charge in [-0.05, 0) is 43.1 Å². The van der Waals surface area contributed by atoms with Gasteiger partial charge in [-0.2, -0.15) is 0 Å². The van der Waals surface area contributed by atoms with Gasteiger partial charge in [-0.25, -0.2) is 0 Å². The van der Waals surface area contributed by atoms with Gasteiger partial charge in [0, 0.05) is 0 Å². The van der Waals surface area contributed by atoms with Crippen LogP contribution in [0.4, 0.5) is 0 Å². The van der Waals surface area contributed by atoms with Crippen molar-refractivity contribution in [2.45, 2.75) is 53.9 Å². The number of hydrogen-bond acceptors (Lipinski definition) is 1. The Bertz CT molecular complexity index is 122. The minimum atomic E-state index is 0.463. The quantitative estimate of drug-likeness (QED) is 0.697. The summed E-state index contributed by atoms with van der Waals surface area (Å²) in [6.45, 7) is 12.3. The smallest absolute Gasteiger partial charge is 0.00488 e. The zero-order valence-electron chi connectivity index (χ0n) is 10.1. The van der Waals surface area contributed by atoms with Crippen molar-refractivity contribution in [1.29, 1.82) is 0 Å². The molecule has 0 rings (SSSR count). The average Bonchev–Trinajstić information content (AvgIpc) is 1.95. The summed E-state index contributed by atoms with van der Waals surface area (Å²) in [5.74, 6) is 1.52. The summed E-state index contributed by atoms with van der Waals surface area (Å²) in [6.07, 6.45) is 3.87. The first-order valence-electron chi connectivity index (χ1n) is 5.55. The van der Waals surface area contributed by atoms with Crippen LogP contribution in [0.15, 0.2) is 0 Å². The lowest BCUT2D eigenvalue weighted by Gasteiger charge is -2.23. The van der Waals surface area contributed by atoms with Crippen molar-refractivity contribution in [2.24, 2.45) is 23.0 Å². The molecule has 13 heavy (non-hydrogen) atoms. The highest BCUT2D eigenvalue weighted by atomic mass is 14.5. The molecule has 0 aromatic carbocycles. The monoisotopic (exact) mass is 185 g/mol. The standard InChI is InChI=1S/C12H27N/c1-10(2)8-11(9-13)6-7-12(3,4)5/h10-11H,6-9,13H2,1-5H3. The first kappa shape index (κ1) is 13.0. The van der Waals surface area contributed by atoms with Crippen LogP contribution in [0.1, 0.15) is 53.9 Å². The Hall–Kier alpha value is -0.0400. The summed E-state index contributed by atoms with van der Waals surface area (Å²) < 4.78 is 0. The van der Waals surface area contributed by atoms with Crippen LogP contribution in [0.5, 0.6) is 0 Å². The van der Waals surface area contributed by atoms with E-state index in [1.54, 1.807) is 0 Å². The normalized spacial score (nSPS) is 15.0. The van der Waals surface area contributed by atoms with Gasteiger partial charge in [0.05, 0.1) is 0 Å². The molecule has 1 unspecified atom stereocenters.